The summed E-state index contributed by atoms with van der Waals surface area (Å²) in [6.45, 7) is 2.20. The lowest BCUT2D eigenvalue weighted by atomic mass is 9.89. The van der Waals surface area contributed by atoms with E-state index in [9.17, 15) is 14.0 Å². The van der Waals surface area contributed by atoms with Gasteiger partial charge in [0.1, 0.15) is 5.82 Å². The molecule has 0 spiro atoms. The maximum atomic E-state index is 13.1. The summed E-state index contributed by atoms with van der Waals surface area (Å²) in [4.78, 5) is 28.8. The minimum Gasteiger partial charge on any atom is -0.342 e. The Morgan fingerprint density at radius 1 is 0.833 bits per heavy atom. The summed E-state index contributed by atoms with van der Waals surface area (Å²) in [6.07, 6.45) is 4.54. The molecule has 0 aromatic heterocycles. The molecular formula is C19H23FN2O2. The Morgan fingerprint density at radius 2 is 1.46 bits per heavy atom. The highest BCUT2D eigenvalue weighted by Crippen LogP contribution is 2.37. The maximum absolute atomic E-state index is 13.1. The molecule has 1 aliphatic carbocycles. The zero-order chi connectivity index (χ0) is 16.7. The van der Waals surface area contributed by atoms with Crippen LogP contribution in [0.2, 0.25) is 0 Å². The maximum Gasteiger partial charge on any atom is 0.226 e. The van der Waals surface area contributed by atoms with Gasteiger partial charge in [-0.3, -0.25) is 9.59 Å². The summed E-state index contributed by atoms with van der Waals surface area (Å²) in [7, 11) is 0. The Bertz CT molecular complexity index is 633. The number of likely N-dealkylation sites (tertiary alicyclic amines) is 2. The predicted octanol–water partition coefficient (Wildman–Crippen LogP) is 2.75. The van der Waals surface area contributed by atoms with Gasteiger partial charge in [-0.15, -0.1) is 0 Å². The lowest BCUT2D eigenvalue weighted by molar-refractivity contribution is -0.147. The fourth-order valence-electron chi connectivity index (χ4n) is 3.85. The molecule has 1 aromatic rings. The molecular weight excluding hydrogens is 307 g/mol. The molecule has 3 fully saturated rings. The SMILES string of the molecule is O=C(C1CC1)N1CCC(C(=O)N2CCC2c2ccc(F)cc2)CC1. The first-order valence-corrected chi connectivity index (χ1v) is 8.98. The molecule has 2 aliphatic heterocycles. The number of halogens is 1. The summed E-state index contributed by atoms with van der Waals surface area (Å²) in [5.74, 6) is 0.527. The minimum atomic E-state index is -0.247. The van der Waals surface area contributed by atoms with E-state index in [1.54, 1.807) is 12.1 Å². The van der Waals surface area contributed by atoms with Crippen LogP contribution in [0, 0.1) is 17.7 Å². The second-order valence-electron chi connectivity index (χ2n) is 7.26. The third-order valence-electron chi connectivity index (χ3n) is 5.64. The normalized spacial score (nSPS) is 24.6. The highest BCUT2D eigenvalue weighted by molar-refractivity contribution is 5.83. The number of benzene rings is 1. The first-order valence-electron chi connectivity index (χ1n) is 8.98. The van der Waals surface area contributed by atoms with E-state index >= 15 is 0 Å². The Hall–Kier alpha value is -1.91. The summed E-state index contributed by atoms with van der Waals surface area (Å²) >= 11 is 0. The molecule has 3 aliphatic rings. The van der Waals surface area contributed by atoms with E-state index in [-0.39, 0.29) is 35.5 Å². The second kappa shape index (κ2) is 6.19. The molecule has 24 heavy (non-hydrogen) atoms. The summed E-state index contributed by atoms with van der Waals surface area (Å²) in [5.41, 5.74) is 1.01. The molecule has 1 unspecified atom stereocenters. The molecule has 0 radical (unpaired) electrons. The van der Waals surface area contributed by atoms with Crippen molar-refractivity contribution in [2.75, 3.05) is 19.6 Å². The molecule has 0 bridgehead atoms. The van der Waals surface area contributed by atoms with Gasteiger partial charge in [-0.2, -0.15) is 0 Å². The quantitative estimate of drug-likeness (QED) is 0.855. The summed E-state index contributed by atoms with van der Waals surface area (Å²) < 4.78 is 13.1. The van der Waals surface area contributed by atoms with Crippen LogP contribution in [0.3, 0.4) is 0 Å². The number of carbonyl (C=O) groups excluding carboxylic acids is 2. The van der Waals surface area contributed by atoms with Gasteiger partial charge >= 0.3 is 0 Å². The smallest absolute Gasteiger partial charge is 0.226 e. The van der Waals surface area contributed by atoms with Gasteiger partial charge in [-0.05, 0) is 49.8 Å². The molecule has 4 nitrogen and oxygen atoms in total. The second-order valence-corrected chi connectivity index (χ2v) is 7.26. The van der Waals surface area contributed by atoms with Crippen LogP contribution in [0.5, 0.6) is 0 Å². The highest BCUT2D eigenvalue weighted by Gasteiger charge is 2.40. The molecule has 1 saturated carbocycles. The van der Waals surface area contributed by atoms with Crippen molar-refractivity contribution in [1.29, 1.82) is 0 Å². The fourth-order valence-corrected chi connectivity index (χ4v) is 3.85. The molecule has 1 aromatic carbocycles. The molecule has 5 heteroatoms. The average molecular weight is 330 g/mol. The van der Waals surface area contributed by atoms with E-state index in [2.05, 4.69) is 0 Å². The van der Waals surface area contributed by atoms with Gasteiger partial charge in [0.15, 0.2) is 0 Å². The van der Waals surface area contributed by atoms with Crippen LogP contribution in [-0.4, -0.2) is 41.2 Å². The van der Waals surface area contributed by atoms with E-state index in [0.717, 1.165) is 44.2 Å². The Balaban J connectivity index is 1.34. The van der Waals surface area contributed by atoms with Crippen LogP contribution in [-0.2, 0) is 9.59 Å². The van der Waals surface area contributed by atoms with Crippen molar-refractivity contribution in [3.63, 3.8) is 0 Å². The Morgan fingerprint density at radius 3 is 2.00 bits per heavy atom. The van der Waals surface area contributed by atoms with Crippen LogP contribution >= 0.6 is 0 Å². The third kappa shape index (κ3) is 2.92. The monoisotopic (exact) mass is 330 g/mol. The van der Waals surface area contributed by atoms with E-state index in [4.69, 9.17) is 0 Å². The van der Waals surface area contributed by atoms with Crippen LogP contribution in [0.25, 0.3) is 0 Å². The van der Waals surface area contributed by atoms with Gasteiger partial charge in [0, 0.05) is 31.5 Å². The highest BCUT2D eigenvalue weighted by atomic mass is 19.1. The van der Waals surface area contributed by atoms with Gasteiger partial charge in [0.25, 0.3) is 0 Å². The molecule has 128 valence electrons. The summed E-state index contributed by atoms with van der Waals surface area (Å²) in [6, 6.07) is 6.55. The van der Waals surface area contributed by atoms with Crippen molar-refractivity contribution < 1.29 is 14.0 Å². The van der Waals surface area contributed by atoms with Gasteiger partial charge in [0.2, 0.25) is 11.8 Å². The number of carbonyl (C=O) groups is 2. The molecule has 2 saturated heterocycles. The Kier molecular flexibility index (Phi) is 4.02. The van der Waals surface area contributed by atoms with E-state index in [0.29, 0.717) is 13.1 Å². The molecule has 1 atom stereocenters. The van der Waals surface area contributed by atoms with Gasteiger partial charge in [-0.25, -0.2) is 4.39 Å². The summed E-state index contributed by atoms with van der Waals surface area (Å²) in [5, 5.41) is 0. The lowest BCUT2D eigenvalue weighted by Gasteiger charge is -2.44. The first-order chi connectivity index (χ1) is 11.6. The third-order valence-corrected chi connectivity index (χ3v) is 5.64. The molecule has 4 rings (SSSR count). The van der Waals surface area contributed by atoms with Crippen molar-refractivity contribution in [3.8, 4) is 0 Å². The zero-order valence-electron chi connectivity index (χ0n) is 13.8. The Labute approximate surface area is 141 Å². The van der Waals surface area contributed by atoms with Crippen LogP contribution in [0.4, 0.5) is 4.39 Å². The number of amides is 2. The standard InChI is InChI=1S/C19H23FN2O2/c20-16-5-3-13(4-6-16)17-9-12-22(17)19(24)15-7-10-21(11-8-15)18(23)14-1-2-14/h3-6,14-15,17H,1-2,7-12H2. The predicted molar refractivity (Wildman–Crippen MR) is 87.5 cm³/mol. The number of hydrogen-bond acceptors (Lipinski definition) is 2. The van der Waals surface area contributed by atoms with Crippen molar-refractivity contribution in [2.45, 2.75) is 38.1 Å². The van der Waals surface area contributed by atoms with Crippen LogP contribution in [0.15, 0.2) is 24.3 Å². The molecule has 2 heterocycles. The van der Waals surface area contributed by atoms with E-state index in [1.807, 2.05) is 9.80 Å². The molecule has 2 amide bonds. The topological polar surface area (TPSA) is 40.6 Å². The van der Waals surface area contributed by atoms with E-state index in [1.165, 1.54) is 12.1 Å². The lowest BCUT2D eigenvalue weighted by Crippen LogP contribution is -2.50. The first kappa shape index (κ1) is 15.6. The average Bonchev–Trinajstić information content (AvgIpc) is 3.40. The number of nitrogens with zero attached hydrogens (tertiary/aromatic N) is 2. The minimum absolute atomic E-state index is 0.0245. The van der Waals surface area contributed by atoms with E-state index < -0.39 is 0 Å². The van der Waals surface area contributed by atoms with Crippen LogP contribution in [0.1, 0.15) is 43.7 Å². The van der Waals surface area contributed by atoms with Crippen molar-refractivity contribution in [2.24, 2.45) is 11.8 Å². The van der Waals surface area contributed by atoms with Gasteiger partial charge < -0.3 is 9.80 Å². The number of hydrogen-bond donors (Lipinski definition) is 0. The van der Waals surface area contributed by atoms with Crippen LogP contribution < -0.4 is 0 Å². The zero-order valence-corrected chi connectivity index (χ0v) is 13.8. The van der Waals surface area contributed by atoms with Gasteiger partial charge in [0.05, 0.1) is 6.04 Å². The largest absolute Gasteiger partial charge is 0.342 e. The number of rotatable bonds is 3. The van der Waals surface area contributed by atoms with Crippen molar-refractivity contribution >= 4 is 11.8 Å². The fraction of sp³-hybridized carbons (Fsp3) is 0.579. The van der Waals surface area contributed by atoms with Crippen molar-refractivity contribution in [3.05, 3.63) is 35.6 Å². The number of piperidine rings is 1. The molecule has 0 N–H and O–H groups in total. The van der Waals surface area contributed by atoms with Gasteiger partial charge in [-0.1, -0.05) is 12.1 Å². The van der Waals surface area contributed by atoms with Crippen molar-refractivity contribution in [1.82, 2.24) is 9.80 Å².